The van der Waals surface area contributed by atoms with E-state index in [0.29, 0.717) is 18.2 Å². The monoisotopic (exact) mass is 335 g/mol. The molecule has 1 heterocycles. The lowest BCUT2D eigenvalue weighted by molar-refractivity contribution is 0.0944. The van der Waals surface area contributed by atoms with Crippen molar-refractivity contribution in [1.82, 2.24) is 15.5 Å². The maximum atomic E-state index is 12.1. The Kier molecular flexibility index (Phi) is 6.22. The Balaban J connectivity index is 2.90. The van der Waals surface area contributed by atoms with Gasteiger partial charge in [-0.05, 0) is 24.7 Å². The topological polar surface area (TPSA) is 91.9 Å². The SMILES string of the molecule is CC(C)CCCNC(=O)c1n[nH]c(C(C)C)c1S(=O)(=O)Cl. The molecule has 1 rings (SSSR count). The van der Waals surface area contributed by atoms with E-state index in [4.69, 9.17) is 10.7 Å². The number of halogens is 1. The molecular formula is C13H22ClN3O3S. The fourth-order valence-electron chi connectivity index (χ4n) is 1.93. The van der Waals surface area contributed by atoms with Gasteiger partial charge in [0.15, 0.2) is 5.69 Å². The van der Waals surface area contributed by atoms with Gasteiger partial charge in [0, 0.05) is 17.2 Å². The fourth-order valence-corrected chi connectivity index (χ4v) is 3.32. The summed E-state index contributed by atoms with van der Waals surface area (Å²) in [6.07, 6.45) is 1.81. The first-order valence-corrected chi connectivity index (χ1v) is 9.26. The average molecular weight is 336 g/mol. The Bertz CT molecular complexity index is 594. The number of H-pyrrole nitrogens is 1. The molecule has 0 unspecified atom stereocenters. The first kappa shape index (κ1) is 18.0. The van der Waals surface area contributed by atoms with Crippen molar-refractivity contribution in [3.8, 4) is 0 Å². The minimum Gasteiger partial charge on any atom is -0.351 e. The molecule has 0 aromatic carbocycles. The molecule has 0 saturated heterocycles. The molecular weight excluding hydrogens is 314 g/mol. The molecule has 6 nitrogen and oxygen atoms in total. The number of nitrogens with one attached hydrogen (secondary N) is 2. The van der Waals surface area contributed by atoms with Crippen LogP contribution in [-0.2, 0) is 9.05 Å². The molecule has 120 valence electrons. The van der Waals surface area contributed by atoms with Crippen molar-refractivity contribution in [3.05, 3.63) is 11.4 Å². The van der Waals surface area contributed by atoms with E-state index in [1.807, 2.05) is 0 Å². The Hall–Kier alpha value is -1.08. The number of aromatic amines is 1. The summed E-state index contributed by atoms with van der Waals surface area (Å²) in [7, 11) is 1.40. The summed E-state index contributed by atoms with van der Waals surface area (Å²) in [5.74, 6) is -0.108. The molecule has 0 aliphatic carbocycles. The first-order valence-electron chi connectivity index (χ1n) is 6.95. The molecule has 1 aromatic heterocycles. The van der Waals surface area contributed by atoms with Crippen LogP contribution in [-0.4, -0.2) is 31.1 Å². The van der Waals surface area contributed by atoms with E-state index < -0.39 is 15.0 Å². The van der Waals surface area contributed by atoms with Gasteiger partial charge in [0.05, 0.1) is 5.69 Å². The molecule has 2 N–H and O–H groups in total. The Labute approximate surface area is 130 Å². The van der Waals surface area contributed by atoms with E-state index >= 15 is 0 Å². The number of rotatable bonds is 7. The zero-order valence-electron chi connectivity index (χ0n) is 12.7. The fraction of sp³-hybridized carbons (Fsp3) is 0.692. The highest BCUT2D eigenvalue weighted by Gasteiger charge is 2.29. The number of carbonyl (C=O) groups is 1. The molecule has 0 saturated carbocycles. The molecule has 8 heteroatoms. The molecule has 0 aliphatic rings. The second-order valence-corrected chi connectivity index (χ2v) is 8.20. The van der Waals surface area contributed by atoms with Crippen LogP contribution < -0.4 is 5.32 Å². The quantitative estimate of drug-likeness (QED) is 0.591. The van der Waals surface area contributed by atoms with Crippen LogP contribution in [0.3, 0.4) is 0 Å². The third-order valence-corrected chi connectivity index (χ3v) is 4.39. The van der Waals surface area contributed by atoms with Gasteiger partial charge in [-0.2, -0.15) is 5.10 Å². The van der Waals surface area contributed by atoms with Gasteiger partial charge in [-0.3, -0.25) is 9.89 Å². The molecule has 0 fully saturated rings. The van der Waals surface area contributed by atoms with Gasteiger partial charge >= 0.3 is 0 Å². The number of amides is 1. The minimum atomic E-state index is -4.04. The predicted molar refractivity (Wildman–Crippen MR) is 82.1 cm³/mol. The normalized spacial score (nSPS) is 12.1. The van der Waals surface area contributed by atoms with Crippen molar-refractivity contribution in [2.24, 2.45) is 5.92 Å². The van der Waals surface area contributed by atoms with E-state index in [2.05, 4.69) is 29.4 Å². The highest BCUT2D eigenvalue weighted by Crippen LogP contribution is 2.27. The zero-order valence-corrected chi connectivity index (χ0v) is 14.3. The van der Waals surface area contributed by atoms with Gasteiger partial charge < -0.3 is 5.32 Å². The first-order chi connectivity index (χ1) is 9.64. The van der Waals surface area contributed by atoms with Gasteiger partial charge in [0.2, 0.25) is 0 Å². The van der Waals surface area contributed by atoms with Crippen molar-refractivity contribution in [2.75, 3.05) is 6.54 Å². The van der Waals surface area contributed by atoms with Crippen LogP contribution in [0.15, 0.2) is 4.90 Å². The summed E-state index contributed by atoms with van der Waals surface area (Å²) >= 11 is 0. The lowest BCUT2D eigenvalue weighted by atomic mass is 10.1. The van der Waals surface area contributed by atoms with E-state index in [1.165, 1.54) is 0 Å². The second kappa shape index (κ2) is 7.26. The Morgan fingerprint density at radius 2 is 1.95 bits per heavy atom. The van der Waals surface area contributed by atoms with Gasteiger partial charge in [-0.15, -0.1) is 0 Å². The Morgan fingerprint density at radius 3 is 2.43 bits per heavy atom. The summed E-state index contributed by atoms with van der Waals surface area (Å²) in [5, 5.41) is 9.09. The van der Waals surface area contributed by atoms with Crippen LogP contribution in [0.25, 0.3) is 0 Å². The van der Waals surface area contributed by atoms with Crippen LogP contribution >= 0.6 is 10.7 Å². The molecule has 0 atom stereocenters. The highest BCUT2D eigenvalue weighted by molar-refractivity contribution is 8.13. The largest absolute Gasteiger partial charge is 0.351 e. The van der Waals surface area contributed by atoms with Crippen molar-refractivity contribution in [2.45, 2.75) is 51.3 Å². The van der Waals surface area contributed by atoms with Crippen LogP contribution in [0.1, 0.15) is 62.6 Å². The number of aromatic nitrogens is 2. The Morgan fingerprint density at radius 1 is 1.33 bits per heavy atom. The third kappa shape index (κ3) is 5.00. The van der Waals surface area contributed by atoms with Crippen LogP contribution in [0.2, 0.25) is 0 Å². The lowest BCUT2D eigenvalue weighted by Crippen LogP contribution is -2.26. The third-order valence-electron chi connectivity index (χ3n) is 3.03. The van der Waals surface area contributed by atoms with Gasteiger partial charge in [0.1, 0.15) is 4.90 Å². The van der Waals surface area contributed by atoms with Crippen molar-refractivity contribution in [3.63, 3.8) is 0 Å². The van der Waals surface area contributed by atoms with E-state index in [-0.39, 0.29) is 16.5 Å². The predicted octanol–water partition coefficient (Wildman–Crippen LogP) is 2.63. The van der Waals surface area contributed by atoms with E-state index in [9.17, 15) is 13.2 Å². The molecule has 0 spiro atoms. The summed E-state index contributed by atoms with van der Waals surface area (Å²) in [6, 6.07) is 0. The van der Waals surface area contributed by atoms with Gasteiger partial charge in [-0.25, -0.2) is 8.42 Å². The lowest BCUT2D eigenvalue weighted by Gasteiger charge is -2.07. The summed E-state index contributed by atoms with van der Waals surface area (Å²) in [4.78, 5) is 11.9. The number of hydrogen-bond donors (Lipinski definition) is 2. The van der Waals surface area contributed by atoms with E-state index in [1.54, 1.807) is 13.8 Å². The molecule has 1 amide bonds. The van der Waals surface area contributed by atoms with Crippen LogP contribution in [0, 0.1) is 5.92 Å². The maximum Gasteiger partial charge on any atom is 0.273 e. The second-order valence-electron chi connectivity index (χ2n) is 5.70. The van der Waals surface area contributed by atoms with Gasteiger partial charge in [0.25, 0.3) is 15.0 Å². The molecule has 0 bridgehead atoms. The molecule has 21 heavy (non-hydrogen) atoms. The molecule has 1 aromatic rings. The average Bonchev–Trinajstić information content (AvgIpc) is 2.78. The minimum absolute atomic E-state index is 0.136. The zero-order chi connectivity index (χ0) is 16.2. The molecule has 0 radical (unpaired) electrons. The molecule has 0 aliphatic heterocycles. The number of carbonyl (C=O) groups excluding carboxylic acids is 1. The summed E-state index contributed by atoms with van der Waals surface area (Å²) in [5.41, 5.74) is 0.176. The van der Waals surface area contributed by atoms with E-state index in [0.717, 1.165) is 12.8 Å². The van der Waals surface area contributed by atoms with Crippen molar-refractivity contribution >= 4 is 25.6 Å². The summed E-state index contributed by atoms with van der Waals surface area (Å²) < 4.78 is 23.4. The summed E-state index contributed by atoms with van der Waals surface area (Å²) in [6.45, 7) is 8.26. The van der Waals surface area contributed by atoms with Gasteiger partial charge in [-0.1, -0.05) is 27.7 Å². The number of nitrogens with zero attached hydrogens (tertiary/aromatic N) is 1. The highest BCUT2D eigenvalue weighted by atomic mass is 35.7. The maximum absolute atomic E-state index is 12.1. The van der Waals surface area contributed by atoms with Crippen LogP contribution in [0.5, 0.6) is 0 Å². The van der Waals surface area contributed by atoms with Crippen molar-refractivity contribution < 1.29 is 13.2 Å². The smallest absolute Gasteiger partial charge is 0.273 e. The standard InChI is InChI=1S/C13H22ClN3O3S/c1-8(2)6-5-7-15-13(18)11-12(21(14,19)20)10(9(3)4)16-17-11/h8-9H,5-7H2,1-4H3,(H,15,18)(H,16,17). The number of hydrogen-bond acceptors (Lipinski definition) is 4. The van der Waals surface area contributed by atoms with Crippen LogP contribution in [0.4, 0.5) is 0 Å². The van der Waals surface area contributed by atoms with Crippen molar-refractivity contribution in [1.29, 1.82) is 0 Å².